The summed E-state index contributed by atoms with van der Waals surface area (Å²) in [7, 11) is -1.62. The van der Waals surface area contributed by atoms with Crippen molar-refractivity contribution >= 4 is 24.2 Å². The van der Waals surface area contributed by atoms with Crippen LogP contribution in [-0.2, 0) is 9.16 Å². The molecule has 0 aliphatic rings. The molecule has 1 atom stereocenters. The predicted molar refractivity (Wildman–Crippen MR) is 132 cm³/mol. The van der Waals surface area contributed by atoms with Crippen molar-refractivity contribution < 1.29 is 9.16 Å². The van der Waals surface area contributed by atoms with Crippen LogP contribution in [0.4, 0.5) is 0 Å². The fourth-order valence-electron chi connectivity index (χ4n) is 3.60. The molecule has 0 aromatic carbocycles. The molecule has 0 bridgehead atoms. The van der Waals surface area contributed by atoms with Crippen LogP contribution in [0.5, 0.6) is 0 Å². The van der Waals surface area contributed by atoms with Gasteiger partial charge in [0.1, 0.15) is 6.29 Å². The summed E-state index contributed by atoms with van der Waals surface area (Å²) in [6, 6.07) is 1.28. The predicted octanol–water partition coefficient (Wildman–Crippen LogP) is 9.23. The van der Waals surface area contributed by atoms with E-state index in [1.807, 2.05) is 0 Å². The minimum absolute atomic E-state index is 0.0349. The van der Waals surface area contributed by atoms with Crippen molar-refractivity contribution in [1.82, 2.24) is 0 Å². The van der Waals surface area contributed by atoms with Crippen LogP contribution in [0.2, 0.25) is 19.1 Å². The normalized spacial score (nSPS) is 13.2. The number of halogens is 1. The Kier molecular flexibility index (Phi) is 21.3. The molecule has 0 rings (SSSR count). The number of unbranched alkanes of at least 4 members (excludes halogenated alkanes) is 12. The zero-order chi connectivity index (χ0) is 20.9. The van der Waals surface area contributed by atoms with Crippen molar-refractivity contribution in [2.45, 2.75) is 142 Å². The van der Waals surface area contributed by atoms with E-state index in [-0.39, 0.29) is 6.29 Å². The van der Waals surface area contributed by atoms with Gasteiger partial charge in [-0.1, -0.05) is 107 Å². The summed E-state index contributed by atoms with van der Waals surface area (Å²) in [5, 5.41) is 1.11. The van der Waals surface area contributed by atoms with Crippen LogP contribution < -0.4 is 0 Å². The van der Waals surface area contributed by atoms with Gasteiger partial charge in [-0.2, -0.15) is 0 Å². The minimum atomic E-state index is -1.62. The van der Waals surface area contributed by atoms with E-state index in [0.717, 1.165) is 18.4 Å². The van der Waals surface area contributed by atoms with Gasteiger partial charge in [-0.25, -0.2) is 0 Å². The van der Waals surface area contributed by atoms with E-state index in [1.165, 1.54) is 102 Å². The highest BCUT2D eigenvalue weighted by Gasteiger charge is 2.26. The Bertz CT molecular complexity index is 313. The van der Waals surface area contributed by atoms with E-state index in [2.05, 4.69) is 42.9 Å². The fourth-order valence-corrected chi connectivity index (χ4v) is 6.11. The van der Waals surface area contributed by atoms with Gasteiger partial charge in [0, 0.05) is 11.9 Å². The van der Waals surface area contributed by atoms with E-state index in [0.29, 0.717) is 0 Å². The third-order valence-corrected chi connectivity index (χ3v) is 8.48. The summed E-state index contributed by atoms with van der Waals surface area (Å²) in [6.07, 6.45) is 21.0. The lowest BCUT2D eigenvalue weighted by Gasteiger charge is -2.29. The SMILES string of the molecule is CCCCCCCCOC(CCCCCBr)O[Si](C)(C)CCCCCCCC. The lowest BCUT2D eigenvalue weighted by molar-refractivity contribution is -0.0925. The molecular weight excluding hydrogens is 428 g/mol. The molecular formula is C24H51BrO2Si. The highest BCUT2D eigenvalue weighted by Crippen LogP contribution is 2.22. The first-order valence-electron chi connectivity index (χ1n) is 12.4. The number of alkyl halides is 1. The molecule has 0 aliphatic carbocycles. The van der Waals surface area contributed by atoms with Crippen LogP contribution >= 0.6 is 15.9 Å². The maximum atomic E-state index is 6.60. The molecule has 0 N–H and O–H groups in total. The van der Waals surface area contributed by atoms with Gasteiger partial charge in [-0.15, -0.1) is 0 Å². The lowest BCUT2D eigenvalue weighted by Crippen LogP contribution is -2.36. The first-order chi connectivity index (χ1) is 13.6. The first-order valence-corrected chi connectivity index (χ1v) is 16.6. The molecule has 4 heteroatoms. The molecule has 170 valence electrons. The van der Waals surface area contributed by atoms with Crippen molar-refractivity contribution in [3.8, 4) is 0 Å². The molecule has 0 aliphatic heterocycles. The van der Waals surface area contributed by atoms with E-state index < -0.39 is 8.32 Å². The van der Waals surface area contributed by atoms with Crippen LogP contribution in [0.3, 0.4) is 0 Å². The number of hydrogen-bond acceptors (Lipinski definition) is 2. The summed E-state index contributed by atoms with van der Waals surface area (Å²) in [5.41, 5.74) is 0. The van der Waals surface area contributed by atoms with Gasteiger partial charge in [-0.05, 0) is 44.8 Å². The Morgan fingerprint density at radius 1 is 0.679 bits per heavy atom. The van der Waals surface area contributed by atoms with Crippen molar-refractivity contribution in [2.75, 3.05) is 11.9 Å². The fraction of sp³-hybridized carbons (Fsp3) is 1.00. The average molecular weight is 480 g/mol. The third-order valence-electron chi connectivity index (χ3n) is 5.46. The Hall–Kier alpha value is 0.617. The van der Waals surface area contributed by atoms with Gasteiger partial charge in [0.25, 0.3) is 0 Å². The quantitative estimate of drug-likeness (QED) is 0.0667. The highest BCUT2D eigenvalue weighted by molar-refractivity contribution is 9.09. The van der Waals surface area contributed by atoms with Crippen LogP contribution in [0.1, 0.15) is 117 Å². The maximum absolute atomic E-state index is 6.60. The standard InChI is InChI=1S/C24H51BrO2Si/c1-5-7-9-11-13-18-22-26-24(20-16-15-17-21-25)27-28(3,4)23-19-14-12-10-8-6-2/h24H,5-23H2,1-4H3. The van der Waals surface area contributed by atoms with Gasteiger partial charge in [0.05, 0.1) is 0 Å². The van der Waals surface area contributed by atoms with Crippen LogP contribution in [0.25, 0.3) is 0 Å². The molecule has 0 saturated carbocycles. The van der Waals surface area contributed by atoms with Gasteiger partial charge in [0.2, 0.25) is 0 Å². The number of hydrogen-bond donors (Lipinski definition) is 0. The summed E-state index contributed by atoms with van der Waals surface area (Å²) >= 11 is 3.54. The molecule has 0 spiro atoms. The largest absolute Gasteiger partial charge is 0.393 e. The molecule has 1 unspecified atom stereocenters. The monoisotopic (exact) mass is 478 g/mol. The average Bonchev–Trinajstić information content (AvgIpc) is 2.66. The summed E-state index contributed by atoms with van der Waals surface area (Å²) < 4.78 is 12.8. The highest BCUT2D eigenvalue weighted by atomic mass is 79.9. The van der Waals surface area contributed by atoms with E-state index >= 15 is 0 Å². The third kappa shape index (κ3) is 19.9. The molecule has 0 radical (unpaired) electrons. The van der Waals surface area contributed by atoms with Crippen molar-refractivity contribution in [1.29, 1.82) is 0 Å². The maximum Gasteiger partial charge on any atom is 0.190 e. The second-order valence-electron chi connectivity index (χ2n) is 9.00. The first kappa shape index (κ1) is 28.6. The van der Waals surface area contributed by atoms with Crippen molar-refractivity contribution in [3.05, 3.63) is 0 Å². The molecule has 0 aromatic rings. The number of ether oxygens (including phenoxy) is 1. The Labute approximate surface area is 187 Å². The minimum Gasteiger partial charge on any atom is -0.393 e. The second kappa shape index (κ2) is 20.9. The molecule has 0 heterocycles. The topological polar surface area (TPSA) is 18.5 Å². The van der Waals surface area contributed by atoms with Crippen molar-refractivity contribution in [3.63, 3.8) is 0 Å². The molecule has 0 saturated heterocycles. The Morgan fingerprint density at radius 3 is 1.82 bits per heavy atom. The van der Waals surface area contributed by atoms with Crippen LogP contribution in [-0.4, -0.2) is 26.5 Å². The second-order valence-corrected chi connectivity index (χ2v) is 14.0. The van der Waals surface area contributed by atoms with Gasteiger partial charge in [-0.3, -0.25) is 0 Å². The summed E-state index contributed by atoms with van der Waals surface area (Å²) in [6.45, 7) is 10.2. The summed E-state index contributed by atoms with van der Waals surface area (Å²) in [5.74, 6) is 0. The Morgan fingerprint density at radius 2 is 1.21 bits per heavy atom. The van der Waals surface area contributed by atoms with E-state index in [4.69, 9.17) is 9.16 Å². The van der Waals surface area contributed by atoms with Crippen molar-refractivity contribution in [2.24, 2.45) is 0 Å². The molecule has 28 heavy (non-hydrogen) atoms. The van der Waals surface area contributed by atoms with E-state index in [9.17, 15) is 0 Å². The lowest BCUT2D eigenvalue weighted by atomic mass is 10.1. The zero-order valence-electron chi connectivity index (χ0n) is 19.7. The summed E-state index contributed by atoms with van der Waals surface area (Å²) in [4.78, 5) is 0. The number of rotatable bonds is 22. The molecule has 0 fully saturated rings. The van der Waals surface area contributed by atoms with Crippen LogP contribution in [0.15, 0.2) is 0 Å². The smallest absolute Gasteiger partial charge is 0.190 e. The van der Waals surface area contributed by atoms with Crippen LogP contribution in [0, 0.1) is 0 Å². The van der Waals surface area contributed by atoms with Gasteiger partial charge in [0.15, 0.2) is 8.32 Å². The molecule has 2 nitrogen and oxygen atoms in total. The Balaban J connectivity index is 4.13. The van der Waals surface area contributed by atoms with Gasteiger partial charge < -0.3 is 9.16 Å². The zero-order valence-corrected chi connectivity index (χ0v) is 22.3. The molecule has 0 amide bonds. The molecule has 0 aromatic heterocycles. The van der Waals surface area contributed by atoms with E-state index in [1.54, 1.807) is 0 Å². The van der Waals surface area contributed by atoms with Gasteiger partial charge >= 0.3 is 0 Å².